The maximum Gasteiger partial charge on any atom is 0.255 e. The first kappa shape index (κ1) is 20.8. The van der Waals surface area contributed by atoms with Crippen molar-refractivity contribution >= 4 is 17.7 Å². The van der Waals surface area contributed by atoms with Gasteiger partial charge in [-0.1, -0.05) is 42.5 Å². The average Bonchev–Trinajstić information content (AvgIpc) is 3.36. The zero-order valence-electron chi connectivity index (χ0n) is 18.0. The predicted octanol–water partition coefficient (Wildman–Crippen LogP) is 1.62. The van der Waals surface area contributed by atoms with Crippen LogP contribution in [0.5, 0.6) is 0 Å². The molecule has 7 nitrogen and oxygen atoms in total. The van der Waals surface area contributed by atoms with Crippen molar-refractivity contribution in [3.8, 4) is 0 Å². The van der Waals surface area contributed by atoms with E-state index in [1.54, 1.807) is 4.90 Å². The van der Waals surface area contributed by atoms with Crippen LogP contribution in [0.2, 0.25) is 0 Å². The zero-order valence-corrected chi connectivity index (χ0v) is 18.0. The van der Waals surface area contributed by atoms with Crippen LogP contribution in [0.15, 0.2) is 48.5 Å². The minimum absolute atomic E-state index is 0.125. The van der Waals surface area contributed by atoms with Crippen molar-refractivity contribution in [3.05, 3.63) is 70.8 Å². The second-order valence-corrected chi connectivity index (χ2v) is 9.05. The molecule has 3 aliphatic heterocycles. The van der Waals surface area contributed by atoms with Crippen molar-refractivity contribution in [2.75, 3.05) is 19.6 Å². The maximum atomic E-state index is 13.1. The highest BCUT2D eigenvalue weighted by Gasteiger charge is 2.40. The number of carbonyl (C=O) groups excluding carboxylic acids is 3. The van der Waals surface area contributed by atoms with Crippen molar-refractivity contribution in [3.63, 3.8) is 0 Å². The van der Waals surface area contributed by atoms with E-state index < -0.39 is 6.04 Å². The summed E-state index contributed by atoms with van der Waals surface area (Å²) in [4.78, 5) is 41.0. The Labute approximate surface area is 187 Å². The summed E-state index contributed by atoms with van der Waals surface area (Å²) in [5, 5.41) is 2.37. The number of benzene rings is 2. The molecule has 1 unspecified atom stereocenters. The van der Waals surface area contributed by atoms with Gasteiger partial charge in [0.05, 0.1) is 0 Å². The van der Waals surface area contributed by atoms with Gasteiger partial charge in [0.2, 0.25) is 11.8 Å². The van der Waals surface area contributed by atoms with Gasteiger partial charge in [0.25, 0.3) is 5.91 Å². The van der Waals surface area contributed by atoms with E-state index in [9.17, 15) is 14.4 Å². The number of hydrogen-bond acceptors (Lipinski definition) is 5. The minimum atomic E-state index is -0.587. The Morgan fingerprint density at radius 1 is 1.00 bits per heavy atom. The first-order chi connectivity index (χ1) is 15.5. The van der Waals surface area contributed by atoms with Crippen LogP contribution < -0.4 is 11.1 Å². The fraction of sp³-hybridized carbons (Fsp3) is 0.400. The number of fused-ring (bicyclic) bond motifs is 1. The molecule has 0 radical (unpaired) electrons. The second-order valence-electron chi connectivity index (χ2n) is 9.05. The molecular weight excluding hydrogens is 404 g/mol. The third-order valence-corrected chi connectivity index (χ3v) is 7.12. The molecule has 2 saturated heterocycles. The number of rotatable bonds is 5. The summed E-state index contributed by atoms with van der Waals surface area (Å²) in [7, 11) is 0. The number of amides is 3. The fourth-order valence-corrected chi connectivity index (χ4v) is 5.45. The van der Waals surface area contributed by atoms with E-state index in [-0.39, 0.29) is 24.1 Å². The quantitative estimate of drug-likeness (QED) is 0.700. The van der Waals surface area contributed by atoms with Crippen LogP contribution in [0.3, 0.4) is 0 Å². The summed E-state index contributed by atoms with van der Waals surface area (Å²) in [6.07, 6.45) is 0.640. The van der Waals surface area contributed by atoms with Crippen LogP contribution in [0.1, 0.15) is 45.8 Å². The molecule has 0 aliphatic carbocycles. The maximum absolute atomic E-state index is 13.1. The van der Waals surface area contributed by atoms with Crippen molar-refractivity contribution < 1.29 is 14.4 Å². The van der Waals surface area contributed by atoms with E-state index >= 15 is 0 Å². The summed E-state index contributed by atoms with van der Waals surface area (Å²) in [5.41, 5.74) is 10.2. The molecule has 0 spiro atoms. The number of nitrogens with zero attached hydrogens (tertiary/aromatic N) is 2. The van der Waals surface area contributed by atoms with E-state index in [4.69, 9.17) is 5.73 Å². The van der Waals surface area contributed by atoms with E-state index in [1.807, 2.05) is 18.2 Å². The molecule has 5 rings (SSSR count). The largest absolute Gasteiger partial charge is 0.330 e. The molecule has 3 atom stereocenters. The van der Waals surface area contributed by atoms with E-state index in [0.717, 1.165) is 30.8 Å². The Morgan fingerprint density at radius 2 is 1.81 bits per heavy atom. The Kier molecular flexibility index (Phi) is 5.53. The van der Waals surface area contributed by atoms with Crippen LogP contribution in [0.25, 0.3) is 0 Å². The molecule has 2 fully saturated rings. The Bertz CT molecular complexity index is 1050. The minimum Gasteiger partial charge on any atom is -0.330 e. The third-order valence-electron chi connectivity index (χ3n) is 7.12. The molecule has 0 bridgehead atoms. The van der Waals surface area contributed by atoms with Crippen LogP contribution >= 0.6 is 0 Å². The van der Waals surface area contributed by atoms with Gasteiger partial charge in [-0.15, -0.1) is 0 Å². The number of likely N-dealkylation sites (tertiary alicyclic amines) is 1. The van der Waals surface area contributed by atoms with Crippen LogP contribution in [0.4, 0.5) is 0 Å². The standard InChI is InChI=1S/C25H28N4O3/c26-11-18-13-28(14-20(18)16-5-2-1-3-6-16)12-17-7-4-8-19-21(17)15-29(25(19)32)22-9-10-23(30)27-24(22)31/h1-8,18,20,22H,9-15,26H2,(H,27,30,31)/t18-,20+,22?/m1/s1. The van der Waals surface area contributed by atoms with E-state index in [2.05, 4.69) is 40.5 Å². The molecule has 3 amide bonds. The smallest absolute Gasteiger partial charge is 0.255 e. The highest BCUT2D eigenvalue weighted by Crippen LogP contribution is 2.35. The number of hydrogen-bond donors (Lipinski definition) is 2. The van der Waals surface area contributed by atoms with E-state index in [1.165, 1.54) is 5.56 Å². The first-order valence-electron chi connectivity index (χ1n) is 11.3. The SMILES string of the molecule is NC[C@@H]1CN(Cc2cccc3c2CN(C2CCC(=O)NC2=O)C3=O)C[C@H]1c1ccccc1. The number of nitrogens with two attached hydrogens (primary N) is 1. The van der Waals surface area contributed by atoms with Gasteiger partial charge >= 0.3 is 0 Å². The zero-order chi connectivity index (χ0) is 22.2. The summed E-state index contributed by atoms with van der Waals surface area (Å²) < 4.78 is 0. The molecule has 7 heteroatoms. The van der Waals surface area contributed by atoms with Gasteiger partial charge in [0.15, 0.2) is 0 Å². The molecule has 166 valence electrons. The lowest BCUT2D eigenvalue weighted by molar-refractivity contribution is -0.136. The number of imide groups is 1. The molecule has 3 heterocycles. The van der Waals surface area contributed by atoms with Gasteiger partial charge < -0.3 is 10.6 Å². The number of piperidine rings is 1. The molecule has 3 aliphatic rings. The van der Waals surface area contributed by atoms with Gasteiger partial charge in [-0.05, 0) is 41.6 Å². The van der Waals surface area contributed by atoms with Gasteiger partial charge in [0.1, 0.15) is 6.04 Å². The molecular formula is C25H28N4O3. The highest BCUT2D eigenvalue weighted by atomic mass is 16.2. The molecule has 2 aromatic rings. The van der Waals surface area contributed by atoms with E-state index in [0.29, 0.717) is 36.9 Å². The number of carbonyl (C=O) groups is 3. The number of nitrogens with one attached hydrogen (secondary N) is 1. The molecule has 2 aromatic carbocycles. The lowest BCUT2D eigenvalue weighted by atomic mass is 9.89. The van der Waals surface area contributed by atoms with Crippen molar-refractivity contribution in [1.82, 2.24) is 15.1 Å². The lowest BCUT2D eigenvalue weighted by Crippen LogP contribution is -2.52. The molecule has 0 aromatic heterocycles. The highest BCUT2D eigenvalue weighted by molar-refractivity contribution is 6.05. The molecule has 32 heavy (non-hydrogen) atoms. The van der Waals surface area contributed by atoms with Gasteiger partial charge in [-0.25, -0.2) is 0 Å². The first-order valence-corrected chi connectivity index (χ1v) is 11.3. The van der Waals surface area contributed by atoms with Crippen LogP contribution in [0, 0.1) is 5.92 Å². The van der Waals surface area contributed by atoms with Gasteiger partial charge in [-0.2, -0.15) is 0 Å². The molecule has 0 saturated carbocycles. The Morgan fingerprint density at radius 3 is 2.56 bits per heavy atom. The predicted molar refractivity (Wildman–Crippen MR) is 119 cm³/mol. The van der Waals surface area contributed by atoms with Crippen molar-refractivity contribution in [1.29, 1.82) is 0 Å². The monoisotopic (exact) mass is 432 g/mol. The average molecular weight is 433 g/mol. The fourth-order valence-electron chi connectivity index (χ4n) is 5.45. The summed E-state index contributed by atoms with van der Waals surface area (Å²) >= 11 is 0. The Balaban J connectivity index is 1.34. The summed E-state index contributed by atoms with van der Waals surface area (Å²) in [6, 6.07) is 15.8. The third kappa shape index (κ3) is 3.72. The summed E-state index contributed by atoms with van der Waals surface area (Å²) in [6.45, 7) is 3.65. The lowest BCUT2D eigenvalue weighted by Gasteiger charge is -2.29. The van der Waals surface area contributed by atoms with Crippen molar-refractivity contribution in [2.45, 2.75) is 37.9 Å². The van der Waals surface area contributed by atoms with Gasteiger partial charge in [-0.3, -0.25) is 24.6 Å². The molecule has 3 N–H and O–H groups in total. The normalized spacial score (nSPS) is 25.8. The van der Waals surface area contributed by atoms with Crippen molar-refractivity contribution in [2.24, 2.45) is 11.7 Å². The van der Waals surface area contributed by atoms with Crippen LogP contribution in [-0.2, 0) is 22.7 Å². The second kappa shape index (κ2) is 8.48. The Hall–Kier alpha value is -3.03. The summed E-state index contributed by atoms with van der Waals surface area (Å²) in [5.74, 6) is 0.0302. The topological polar surface area (TPSA) is 95.7 Å². The van der Waals surface area contributed by atoms with Crippen LogP contribution in [-0.4, -0.2) is 53.2 Å². The van der Waals surface area contributed by atoms with Gasteiger partial charge in [0, 0.05) is 44.1 Å².